The van der Waals surface area contributed by atoms with Crippen molar-refractivity contribution in [2.24, 2.45) is 0 Å². The molecule has 0 radical (unpaired) electrons. The topological polar surface area (TPSA) is 64.0 Å². The highest BCUT2D eigenvalue weighted by atomic mass is 35.5. The van der Waals surface area contributed by atoms with Crippen LogP contribution in [0.5, 0.6) is 0 Å². The summed E-state index contributed by atoms with van der Waals surface area (Å²) in [5.41, 5.74) is 1.19. The summed E-state index contributed by atoms with van der Waals surface area (Å²) in [6.07, 6.45) is 0.235. The number of halogens is 1. The van der Waals surface area contributed by atoms with Gasteiger partial charge in [0, 0.05) is 34.4 Å². The molecule has 7 heteroatoms. The summed E-state index contributed by atoms with van der Waals surface area (Å²) in [7, 11) is 0. The zero-order chi connectivity index (χ0) is 18.2. The Morgan fingerprint density at radius 3 is 2.68 bits per heavy atom. The second kappa shape index (κ2) is 6.84. The number of amides is 1. The Morgan fingerprint density at radius 2 is 2.04 bits per heavy atom. The number of rotatable bonds is 3. The first-order chi connectivity index (χ1) is 11.7. The third-order valence-electron chi connectivity index (χ3n) is 4.01. The van der Waals surface area contributed by atoms with Crippen molar-refractivity contribution in [3.63, 3.8) is 0 Å². The smallest absolute Gasteiger partial charge is 0.254 e. The van der Waals surface area contributed by atoms with Crippen molar-refractivity contribution in [3.8, 4) is 0 Å². The molecule has 1 amide bonds. The molecule has 0 fully saturated rings. The van der Waals surface area contributed by atoms with Gasteiger partial charge in [0.25, 0.3) is 5.56 Å². The van der Waals surface area contributed by atoms with Gasteiger partial charge in [-0.05, 0) is 24.3 Å². The maximum absolute atomic E-state index is 12.5. The number of thioether (sulfide) groups is 1. The van der Waals surface area contributed by atoms with E-state index in [0.29, 0.717) is 21.6 Å². The minimum atomic E-state index is -0.181. The molecule has 5 nitrogen and oxygen atoms in total. The second-order valence-corrected chi connectivity index (χ2v) is 8.53. The molecular formula is C18H20ClN3O2S. The SMILES string of the molecule is CC(C)(C)c1cc(=O)n2c(n1)SCC2CC(=O)Nc1ccc(Cl)cc1. The fourth-order valence-corrected chi connectivity index (χ4v) is 3.92. The third-order valence-corrected chi connectivity index (χ3v) is 5.36. The van der Waals surface area contributed by atoms with Crippen molar-refractivity contribution in [2.45, 2.75) is 43.8 Å². The molecule has 1 aliphatic rings. The van der Waals surface area contributed by atoms with E-state index in [0.717, 1.165) is 5.69 Å². The van der Waals surface area contributed by atoms with Gasteiger partial charge in [0.15, 0.2) is 5.16 Å². The Balaban J connectivity index is 1.75. The molecule has 2 heterocycles. The van der Waals surface area contributed by atoms with Crippen LogP contribution in [0.4, 0.5) is 5.69 Å². The lowest BCUT2D eigenvalue weighted by Gasteiger charge is -2.19. The quantitative estimate of drug-likeness (QED) is 0.824. The first kappa shape index (κ1) is 18.0. The van der Waals surface area contributed by atoms with Gasteiger partial charge in [0.05, 0.1) is 11.7 Å². The fourth-order valence-electron chi connectivity index (χ4n) is 2.65. The van der Waals surface area contributed by atoms with Gasteiger partial charge < -0.3 is 5.32 Å². The van der Waals surface area contributed by atoms with Crippen LogP contribution in [0.2, 0.25) is 5.02 Å². The molecule has 25 heavy (non-hydrogen) atoms. The Labute approximate surface area is 155 Å². The van der Waals surface area contributed by atoms with E-state index in [1.54, 1.807) is 34.9 Å². The average Bonchev–Trinajstić information content (AvgIpc) is 2.92. The highest BCUT2D eigenvalue weighted by molar-refractivity contribution is 7.99. The predicted molar refractivity (Wildman–Crippen MR) is 102 cm³/mol. The number of carbonyl (C=O) groups excluding carboxylic acids is 1. The molecule has 1 aromatic heterocycles. The van der Waals surface area contributed by atoms with Gasteiger partial charge in [0.1, 0.15) is 0 Å². The van der Waals surface area contributed by atoms with Crippen molar-refractivity contribution in [2.75, 3.05) is 11.1 Å². The first-order valence-electron chi connectivity index (χ1n) is 8.06. The number of fused-ring (bicyclic) bond motifs is 1. The largest absolute Gasteiger partial charge is 0.326 e. The molecular weight excluding hydrogens is 358 g/mol. The predicted octanol–water partition coefficient (Wildman–Crippen LogP) is 3.87. The van der Waals surface area contributed by atoms with Crippen LogP contribution in [0.1, 0.15) is 38.9 Å². The molecule has 0 saturated carbocycles. The molecule has 0 saturated heterocycles. The van der Waals surface area contributed by atoms with Gasteiger partial charge in [-0.1, -0.05) is 44.1 Å². The average molecular weight is 378 g/mol. The highest BCUT2D eigenvalue weighted by Crippen LogP contribution is 2.33. The summed E-state index contributed by atoms with van der Waals surface area (Å²) in [5.74, 6) is 0.539. The zero-order valence-corrected chi connectivity index (χ0v) is 15.9. The molecule has 132 valence electrons. The summed E-state index contributed by atoms with van der Waals surface area (Å²) < 4.78 is 1.64. The van der Waals surface area contributed by atoms with Crippen LogP contribution < -0.4 is 10.9 Å². The van der Waals surface area contributed by atoms with E-state index in [1.807, 2.05) is 20.8 Å². The Kier molecular flexibility index (Phi) is 4.93. The maximum atomic E-state index is 12.5. The molecule has 3 rings (SSSR count). The minimum absolute atomic E-state index is 0.0933. The van der Waals surface area contributed by atoms with Crippen LogP contribution in [-0.2, 0) is 10.2 Å². The van der Waals surface area contributed by atoms with Crippen molar-refractivity contribution in [1.29, 1.82) is 0 Å². The fraction of sp³-hybridized carbons (Fsp3) is 0.389. The normalized spacial score (nSPS) is 16.6. The van der Waals surface area contributed by atoms with Crippen LogP contribution in [0.15, 0.2) is 40.3 Å². The lowest BCUT2D eigenvalue weighted by Crippen LogP contribution is -2.29. The van der Waals surface area contributed by atoms with E-state index < -0.39 is 0 Å². The van der Waals surface area contributed by atoms with E-state index in [4.69, 9.17) is 11.6 Å². The van der Waals surface area contributed by atoms with E-state index in [9.17, 15) is 9.59 Å². The Bertz CT molecular complexity index is 856. The Morgan fingerprint density at radius 1 is 1.36 bits per heavy atom. The van der Waals surface area contributed by atoms with Crippen molar-refractivity contribution >= 4 is 35.0 Å². The van der Waals surface area contributed by atoms with E-state index in [-0.39, 0.29) is 29.3 Å². The monoisotopic (exact) mass is 377 g/mol. The molecule has 1 N–H and O–H groups in total. The summed E-state index contributed by atoms with van der Waals surface area (Å²) >= 11 is 7.37. The number of nitrogens with one attached hydrogen (secondary N) is 1. The molecule has 0 bridgehead atoms. The number of aromatic nitrogens is 2. The van der Waals surface area contributed by atoms with Crippen LogP contribution >= 0.6 is 23.4 Å². The summed E-state index contributed by atoms with van der Waals surface area (Å²) in [4.78, 5) is 29.5. The highest BCUT2D eigenvalue weighted by Gasteiger charge is 2.29. The Hall–Kier alpha value is -1.79. The van der Waals surface area contributed by atoms with Crippen LogP contribution in [0.3, 0.4) is 0 Å². The van der Waals surface area contributed by atoms with Gasteiger partial charge in [0.2, 0.25) is 5.91 Å². The van der Waals surface area contributed by atoms with E-state index in [2.05, 4.69) is 10.3 Å². The van der Waals surface area contributed by atoms with Crippen LogP contribution in [0, 0.1) is 0 Å². The molecule has 0 aliphatic carbocycles. The standard InChI is InChI=1S/C18H20ClN3O2S/c1-18(2,3)14-9-16(24)22-13(10-25-17(22)21-14)8-15(23)20-12-6-4-11(19)5-7-12/h4-7,9,13H,8,10H2,1-3H3,(H,20,23). The second-order valence-electron chi connectivity index (χ2n) is 7.11. The number of hydrogen-bond acceptors (Lipinski definition) is 4. The molecule has 1 unspecified atom stereocenters. The first-order valence-corrected chi connectivity index (χ1v) is 9.42. The minimum Gasteiger partial charge on any atom is -0.326 e. The molecule has 1 atom stereocenters. The number of hydrogen-bond donors (Lipinski definition) is 1. The number of anilines is 1. The maximum Gasteiger partial charge on any atom is 0.254 e. The number of nitrogens with zero attached hydrogens (tertiary/aromatic N) is 2. The zero-order valence-electron chi connectivity index (χ0n) is 14.4. The van der Waals surface area contributed by atoms with Gasteiger partial charge in [-0.25, -0.2) is 4.98 Å². The third kappa shape index (κ3) is 4.07. The van der Waals surface area contributed by atoms with E-state index in [1.165, 1.54) is 11.8 Å². The van der Waals surface area contributed by atoms with Crippen molar-refractivity contribution in [1.82, 2.24) is 9.55 Å². The van der Waals surface area contributed by atoms with Gasteiger partial charge >= 0.3 is 0 Å². The number of carbonyl (C=O) groups is 1. The van der Waals surface area contributed by atoms with E-state index >= 15 is 0 Å². The summed E-state index contributed by atoms with van der Waals surface area (Å²) in [5, 5.41) is 4.15. The van der Waals surface area contributed by atoms with Gasteiger partial charge in [-0.3, -0.25) is 14.2 Å². The van der Waals surface area contributed by atoms with Crippen LogP contribution in [-0.4, -0.2) is 21.2 Å². The van der Waals surface area contributed by atoms with Gasteiger partial charge in [-0.2, -0.15) is 0 Å². The lowest BCUT2D eigenvalue weighted by atomic mass is 9.92. The van der Waals surface area contributed by atoms with Crippen molar-refractivity contribution in [3.05, 3.63) is 51.4 Å². The molecule has 0 spiro atoms. The molecule has 2 aromatic rings. The van der Waals surface area contributed by atoms with Gasteiger partial charge in [-0.15, -0.1) is 0 Å². The van der Waals surface area contributed by atoms with Crippen LogP contribution in [0.25, 0.3) is 0 Å². The lowest BCUT2D eigenvalue weighted by molar-refractivity contribution is -0.116. The molecule has 1 aliphatic heterocycles. The number of benzene rings is 1. The van der Waals surface area contributed by atoms with Crippen molar-refractivity contribution < 1.29 is 4.79 Å². The summed E-state index contributed by atoms with van der Waals surface area (Å²) in [6, 6.07) is 8.35. The summed E-state index contributed by atoms with van der Waals surface area (Å²) in [6.45, 7) is 6.09. The molecule has 1 aromatic carbocycles.